The summed E-state index contributed by atoms with van der Waals surface area (Å²) in [5.41, 5.74) is 1.23. The molecule has 126 valence electrons. The Morgan fingerprint density at radius 2 is 2.04 bits per heavy atom. The number of carbonyl (C=O) groups excluding carboxylic acids is 1. The van der Waals surface area contributed by atoms with Gasteiger partial charge in [-0.2, -0.15) is 0 Å². The van der Waals surface area contributed by atoms with Crippen LogP contribution in [0, 0.1) is 6.92 Å². The van der Waals surface area contributed by atoms with Gasteiger partial charge in [0.15, 0.2) is 0 Å². The van der Waals surface area contributed by atoms with E-state index in [0.29, 0.717) is 24.2 Å². The van der Waals surface area contributed by atoms with Crippen LogP contribution in [0.1, 0.15) is 61.1 Å². The van der Waals surface area contributed by atoms with Crippen molar-refractivity contribution in [3.8, 4) is 0 Å². The van der Waals surface area contributed by atoms with Crippen LogP contribution in [0.4, 0.5) is 5.95 Å². The van der Waals surface area contributed by atoms with Crippen LogP contribution >= 0.6 is 0 Å². The van der Waals surface area contributed by atoms with E-state index in [4.69, 9.17) is 4.74 Å². The normalized spacial score (nSPS) is 22.0. The first-order valence-electron chi connectivity index (χ1n) is 8.73. The minimum absolute atomic E-state index is 0.140. The third-order valence-corrected chi connectivity index (χ3v) is 4.54. The molecule has 6 heteroatoms. The first-order chi connectivity index (χ1) is 11.2. The summed E-state index contributed by atoms with van der Waals surface area (Å²) in [6, 6.07) is 2.16. The van der Waals surface area contributed by atoms with Gasteiger partial charge >= 0.3 is 0 Å². The van der Waals surface area contributed by atoms with E-state index in [1.54, 1.807) is 6.07 Å². The molecule has 0 radical (unpaired) electrons. The lowest BCUT2D eigenvalue weighted by atomic mass is 9.96. The van der Waals surface area contributed by atoms with Gasteiger partial charge in [0.1, 0.15) is 5.69 Å². The fourth-order valence-corrected chi connectivity index (χ4v) is 3.28. The monoisotopic (exact) mass is 318 g/mol. The lowest BCUT2D eigenvalue weighted by Crippen LogP contribution is -2.32. The highest BCUT2D eigenvalue weighted by atomic mass is 16.5. The van der Waals surface area contributed by atoms with Crippen LogP contribution in [0.15, 0.2) is 6.07 Å². The molecular formula is C17H26N4O2. The zero-order chi connectivity index (χ0) is 16.1. The summed E-state index contributed by atoms with van der Waals surface area (Å²) in [6.07, 6.45) is 8.33. The number of hydrogen-bond donors (Lipinski definition) is 2. The number of hydrogen-bond acceptors (Lipinski definition) is 5. The lowest BCUT2D eigenvalue weighted by Gasteiger charge is -2.23. The van der Waals surface area contributed by atoms with Gasteiger partial charge in [0.25, 0.3) is 5.91 Å². The zero-order valence-electron chi connectivity index (χ0n) is 13.8. The zero-order valence-corrected chi connectivity index (χ0v) is 13.8. The lowest BCUT2D eigenvalue weighted by molar-refractivity contribution is 0.0853. The highest BCUT2D eigenvalue weighted by Gasteiger charge is 2.19. The minimum Gasteiger partial charge on any atom is -0.376 e. The number of amides is 1. The molecule has 2 heterocycles. The van der Waals surface area contributed by atoms with Crippen LogP contribution in [0.2, 0.25) is 0 Å². The van der Waals surface area contributed by atoms with Crippen LogP contribution in [0.25, 0.3) is 0 Å². The molecule has 1 amide bonds. The van der Waals surface area contributed by atoms with Crippen molar-refractivity contribution in [2.24, 2.45) is 0 Å². The number of nitrogens with one attached hydrogen (secondary N) is 2. The summed E-state index contributed by atoms with van der Waals surface area (Å²) in [4.78, 5) is 21.1. The number of ether oxygens (including phenoxy) is 1. The van der Waals surface area contributed by atoms with E-state index >= 15 is 0 Å². The van der Waals surface area contributed by atoms with Crippen LogP contribution < -0.4 is 10.6 Å². The molecule has 1 aliphatic heterocycles. The number of aromatic nitrogens is 2. The largest absolute Gasteiger partial charge is 0.376 e. The summed E-state index contributed by atoms with van der Waals surface area (Å²) in [7, 11) is 0. The number of nitrogens with zero attached hydrogens (tertiary/aromatic N) is 2. The average molecular weight is 318 g/mol. The molecule has 0 aromatic carbocycles. The first kappa shape index (κ1) is 16.2. The molecule has 0 spiro atoms. The number of anilines is 1. The Kier molecular flexibility index (Phi) is 5.43. The molecule has 3 rings (SSSR count). The van der Waals surface area contributed by atoms with Crippen molar-refractivity contribution in [2.45, 2.75) is 64.0 Å². The summed E-state index contributed by atoms with van der Waals surface area (Å²) in [5, 5.41) is 6.30. The van der Waals surface area contributed by atoms with Gasteiger partial charge in [-0.1, -0.05) is 19.3 Å². The van der Waals surface area contributed by atoms with E-state index in [1.165, 1.54) is 19.3 Å². The van der Waals surface area contributed by atoms with Crippen LogP contribution in [0.3, 0.4) is 0 Å². The molecule has 2 aliphatic rings. The molecule has 23 heavy (non-hydrogen) atoms. The van der Waals surface area contributed by atoms with Crippen molar-refractivity contribution in [3.05, 3.63) is 17.5 Å². The Hall–Kier alpha value is -1.69. The SMILES string of the molecule is Cc1cc(C(=O)NCC2CCCO2)nc(NC2CCCCC2)n1. The summed E-state index contributed by atoms with van der Waals surface area (Å²) in [6.45, 7) is 3.24. The Morgan fingerprint density at radius 1 is 1.22 bits per heavy atom. The van der Waals surface area contributed by atoms with E-state index in [1.807, 2.05) is 6.92 Å². The fourth-order valence-electron chi connectivity index (χ4n) is 3.28. The van der Waals surface area contributed by atoms with Crippen LogP contribution in [-0.4, -0.2) is 41.2 Å². The highest BCUT2D eigenvalue weighted by Crippen LogP contribution is 2.20. The van der Waals surface area contributed by atoms with Crippen molar-refractivity contribution < 1.29 is 9.53 Å². The van der Waals surface area contributed by atoms with Gasteiger partial charge < -0.3 is 15.4 Å². The summed E-state index contributed by atoms with van der Waals surface area (Å²) < 4.78 is 5.53. The van der Waals surface area contributed by atoms with Crippen LogP contribution in [0.5, 0.6) is 0 Å². The molecule has 1 aliphatic carbocycles. The van der Waals surface area contributed by atoms with E-state index in [0.717, 1.165) is 38.0 Å². The molecule has 2 N–H and O–H groups in total. The van der Waals surface area contributed by atoms with Gasteiger partial charge in [0.2, 0.25) is 5.95 Å². The molecule has 1 saturated carbocycles. The molecule has 1 aromatic rings. The molecule has 1 unspecified atom stereocenters. The Balaban J connectivity index is 1.60. The molecule has 1 saturated heterocycles. The second kappa shape index (κ2) is 7.73. The third kappa shape index (κ3) is 4.64. The summed E-state index contributed by atoms with van der Waals surface area (Å²) in [5.74, 6) is 0.414. The maximum absolute atomic E-state index is 12.3. The Labute approximate surface area is 137 Å². The van der Waals surface area contributed by atoms with Gasteiger partial charge in [-0.3, -0.25) is 4.79 Å². The minimum atomic E-state index is -0.155. The quantitative estimate of drug-likeness (QED) is 0.872. The predicted octanol–water partition coefficient (Wildman–Crippen LogP) is 2.44. The Morgan fingerprint density at radius 3 is 2.78 bits per heavy atom. The van der Waals surface area contributed by atoms with Crippen molar-refractivity contribution in [1.82, 2.24) is 15.3 Å². The molecule has 0 bridgehead atoms. The second-order valence-corrected chi connectivity index (χ2v) is 6.54. The van der Waals surface area contributed by atoms with Gasteiger partial charge in [-0.05, 0) is 38.7 Å². The van der Waals surface area contributed by atoms with E-state index in [-0.39, 0.29) is 12.0 Å². The molecule has 6 nitrogen and oxygen atoms in total. The van der Waals surface area contributed by atoms with Crippen molar-refractivity contribution in [2.75, 3.05) is 18.5 Å². The van der Waals surface area contributed by atoms with E-state index < -0.39 is 0 Å². The van der Waals surface area contributed by atoms with Gasteiger partial charge in [-0.15, -0.1) is 0 Å². The predicted molar refractivity (Wildman–Crippen MR) is 88.6 cm³/mol. The number of aryl methyl sites for hydroxylation is 1. The van der Waals surface area contributed by atoms with Gasteiger partial charge in [-0.25, -0.2) is 9.97 Å². The Bertz CT molecular complexity index is 537. The highest BCUT2D eigenvalue weighted by molar-refractivity contribution is 5.92. The molecule has 2 fully saturated rings. The maximum Gasteiger partial charge on any atom is 0.270 e. The maximum atomic E-state index is 12.3. The number of carbonyl (C=O) groups is 1. The smallest absolute Gasteiger partial charge is 0.270 e. The summed E-state index contributed by atoms with van der Waals surface area (Å²) >= 11 is 0. The van der Waals surface area contributed by atoms with Crippen molar-refractivity contribution >= 4 is 11.9 Å². The molecule has 1 aromatic heterocycles. The fraction of sp³-hybridized carbons (Fsp3) is 0.706. The first-order valence-corrected chi connectivity index (χ1v) is 8.73. The number of rotatable bonds is 5. The van der Waals surface area contributed by atoms with Crippen molar-refractivity contribution in [1.29, 1.82) is 0 Å². The van der Waals surface area contributed by atoms with Gasteiger partial charge in [0.05, 0.1) is 6.10 Å². The van der Waals surface area contributed by atoms with Crippen LogP contribution in [-0.2, 0) is 4.74 Å². The van der Waals surface area contributed by atoms with E-state index in [2.05, 4.69) is 20.6 Å². The molecular weight excluding hydrogens is 292 g/mol. The molecule has 1 atom stereocenters. The average Bonchev–Trinajstić information content (AvgIpc) is 3.06. The second-order valence-electron chi connectivity index (χ2n) is 6.54. The third-order valence-electron chi connectivity index (χ3n) is 4.54. The standard InChI is InChI=1S/C17H26N4O2/c1-12-10-15(16(22)18-11-14-8-5-9-23-14)21-17(19-12)20-13-6-3-2-4-7-13/h10,13-14H,2-9,11H2,1H3,(H,18,22)(H,19,20,21). The topological polar surface area (TPSA) is 76.1 Å². The van der Waals surface area contributed by atoms with Crippen molar-refractivity contribution in [3.63, 3.8) is 0 Å². The van der Waals surface area contributed by atoms with Gasteiger partial charge in [0, 0.05) is 24.9 Å². The van der Waals surface area contributed by atoms with E-state index in [9.17, 15) is 4.79 Å².